The average Bonchev–Trinajstić information content (AvgIpc) is 2.54. The molecule has 0 bridgehead atoms. The van der Waals surface area contributed by atoms with E-state index < -0.39 is 6.10 Å². The van der Waals surface area contributed by atoms with Gasteiger partial charge in [0.05, 0.1) is 11.6 Å². The smallest absolute Gasteiger partial charge is 0.127 e. The summed E-state index contributed by atoms with van der Waals surface area (Å²) < 4.78 is 6.06. The molecule has 4 rings (SSSR count). The van der Waals surface area contributed by atoms with E-state index in [0.717, 1.165) is 27.8 Å². The van der Waals surface area contributed by atoms with Crippen LogP contribution in [-0.2, 0) is 0 Å². The molecule has 0 aliphatic carbocycles. The predicted molar refractivity (Wildman–Crippen MR) is 81.1 cm³/mol. The van der Waals surface area contributed by atoms with Crippen LogP contribution in [0.1, 0.15) is 29.8 Å². The maximum atomic E-state index is 10.3. The Balaban J connectivity index is 1.73. The SMILES string of the molecule is OC1CC(c2ccc3ncccc3c2)Oc2ccccc21. The van der Waals surface area contributed by atoms with E-state index in [9.17, 15) is 5.11 Å². The first-order chi connectivity index (χ1) is 10.3. The molecule has 2 heterocycles. The number of fused-ring (bicyclic) bond motifs is 2. The Hall–Kier alpha value is -2.39. The number of benzene rings is 2. The molecule has 1 aliphatic heterocycles. The fourth-order valence-electron chi connectivity index (χ4n) is 2.89. The van der Waals surface area contributed by atoms with Gasteiger partial charge in [0.15, 0.2) is 0 Å². The number of ether oxygens (including phenoxy) is 1. The van der Waals surface area contributed by atoms with Crippen molar-refractivity contribution in [3.8, 4) is 5.75 Å². The minimum Gasteiger partial charge on any atom is -0.485 e. The Morgan fingerprint density at radius 3 is 2.90 bits per heavy atom. The van der Waals surface area contributed by atoms with Crippen LogP contribution < -0.4 is 4.74 Å². The van der Waals surface area contributed by atoms with Gasteiger partial charge in [0.1, 0.15) is 11.9 Å². The van der Waals surface area contributed by atoms with E-state index in [4.69, 9.17) is 4.74 Å². The average molecular weight is 277 g/mol. The number of pyridine rings is 1. The molecular formula is C18H15NO2. The largest absolute Gasteiger partial charge is 0.485 e. The Kier molecular flexibility index (Phi) is 2.86. The van der Waals surface area contributed by atoms with Gasteiger partial charge in [-0.15, -0.1) is 0 Å². The lowest BCUT2D eigenvalue weighted by molar-refractivity contribution is 0.0658. The number of para-hydroxylation sites is 1. The van der Waals surface area contributed by atoms with Crippen molar-refractivity contribution in [2.24, 2.45) is 0 Å². The second-order valence-corrected chi connectivity index (χ2v) is 5.35. The molecule has 0 saturated heterocycles. The third-order valence-electron chi connectivity index (χ3n) is 3.98. The Morgan fingerprint density at radius 1 is 1.05 bits per heavy atom. The lowest BCUT2D eigenvalue weighted by Crippen LogP contribution is -2.18. The van der Waals surface area contributed by atoms with E-state index in [2.05, 4.69) is 11.1 Å². The fraction of sp³-hybridized carbons (Fsp3) is 0.167. The molecule has 3 aromatic rings. The number of hydrogen-bond acceptors (Lipinski definition) is 3. The molecule has 1 aliphatic rings. The zero-order valence-electron chi connectivity index (χ0n) is 11.4. The van der Waals surface area contributed by atoms with Gasteiger partial charge in [0, 0.05) is 23.6 Å². The zero-order valence-corrected chi connectivity index (χ0v) is 11.4. The summed E-state index contributed by atoms with van der Waals surface area (Å²) in [5.41, 5.74) is 2.92. The zero-order chi connectivity index (χ0) is 14.2. The molecule has 2 atom stereocenters. The maximum absolute atomic E-state index is 10.3. The first-order valence-corrected chi connectivity index (χ1v) is 7.09. The summed E-state index contributed by atoms with van der Waals surface area (Å²) in [5, 5.41) is 11.4. The van der Waals surface area contributed by atoms with Crippen LogP contribution in [0.25, 0.3) is 10.9 Å². The van der Waals surface area contributed by atoms with Gasteiger partial charge < -0.3 is 9.84 Å². The van der Waals surface area contributed by atoms with Crippen molar-refractivity contribution in [1.29, 1.82) is 0 Å². The summed E-state index contributed by atoms with van der Waals surface area (Å²) in [6, 6.07) is 17.8. The van der Waals surface area contributed by atoms with Gasteiger partial charge in [0.25, 0.3) is 0 Å². The van der Waals surface area contributed by atoms with Crippen molar-refractivity contribution in [1.82, 2.24) is 4.98 Å². The number of hydrogen-bond donors (Lipinski definition) is 1. The molecule has 0 saturated carbocycles. The van der Waals surface area contributed by atoms with E-state index >= 15 is 0 Å². The van der Waals surface area contributed by atoms with Crippen LogP contribution in [0.4, 0.5) is 0 Å². The summed E-state index contributed by atoms with van der Waals surface area (Å²) in [7, 11) is 0. The quantitative estimate of drug-likeness (QED) is 0.735. The molecule has 1 N–H and O–H groups in total. The summed E-state index contributed by atoms with van der Waals surface area (Å²) >= 11 is 0. The van der Waals surface area contributed by atoms with E-state index in [0.29, 0.717) is 6.42 Å². The van der Waals surface area contributed by atoms with Crippen molar-refractivity contribution < 1.29 is 9.84 Å². The van der Waals surface area contributed by atoms with Gasteiger partial charge in [-0.1, -0.05) is 30.3 Å². The summed E-state index contributed by atoms with van der Waals surface area (Å²) in [6.07, 6.45) is 1.76. The van der Waals surface area contributed by atoms with E-state index in [1.807, 2.05) is 48.5 Å². The van der Waals surface area contributed by atoms with Crippen LogP contribution in [0.2, 0.25) is 0 Å². The summed E-state index contributed by atoms with van der Waals surface area (Å²) in [6.45, 7) is 0. The number of aromatic nitrogens is 1. The van der Waals surface area contributed by atoms with Crippen LogP contribution in [0, 0.1) is 0 Å². The number of aliphatic hydroxyl groups excluding tert-OH is 1. The van der Waals surface area contributed by atoms with Crippen molar-refractivity contribution >= 4 is 10.9 Å². The van der Waals surface area contributed by atoms with Crippen LogP contribution >= 0.6 is 0 Å². The van der Waals surface area contributed by atoms with Crippen molar-refractivity contribution in [2.75, 3.05) is 0 Å². The molecule has 0 spiro atoms. The van der Waals surface area contributed by atoms with Crippen LogP contribution in [0.5, 0.6) is 5.75 Å². The molecule has 1 aromatic heterocycles. The van der Waals surface area contributed by atoms with Crippen molar-refractivity contribution in [3.63, 3.8) is 0 Å². The lowest BCUT2D eigenvalue weighted by atomic mass is 9.94. The maximum Gasteiger partial charge on any atom is 0.127 e. The first kappa shape index (κ1) is 12.4. The normalized spacial score (nSPS) is 20.8. The third-order valence-corrected chi connectivity index (χ3v) is 3.98. The Bertz CT molecular complexity index is 800. The highest BCUT2D eigenvalue weighted by atomic mass is 16.5. The molecule has 3 heteroatoms. The second-order valence-electron chi connectivity index (χ2n) is 5.35. The molecule has 0 amide bonds. The van der Waals surface area contributed by atoms with Gasteiger partial charge in [-0.2, -0.15) is 0 Å². The van der Waals surface area contributed by atoms with Crippen molar-refractivity contribution in [2.45, 2.75) is 18.6 Å². The lowest BCUT2D eigenvalue weighted by Gasteiger charge is -2.30. The Labute approximate surface area is 122 Å². The van der Waals surface area contributed by atoms with Crippen LogP contribution in [0.15, 0.2) is 60.8 Å². The van der Waals surface area contributed by atoms with E-state index in [1.165, 1.54) is 0 Å². The standard InChI is InChI=1S/C18H15NO2/c20-16-11-18(21-17-6-2-1-5-14(16)17)13-7-8-15-12(10-13)4-3-9-19-15/h1-10,16,18,20H,11H2. The van der Waals surface area contributed by atoms with Crippen LogP contribution in [0.3, 0.4) is 0 Å². The summed E-state index contributed by atoms with van der Waals surface area (Å²) in [4.78, 5) is 4.33. The van der Waals surface area contributed by atoms with Gasteiger partial charge in [-0.3, -0.25) is 4.98 Å². The first-order valence-electron chi connectivity index (χ1n) is 7.09. The molecule has 2 aromatic carbocycles. The molecular weight excluding hydrogens is 262 g/mol. The topological polar surface area (TPSA) is 42.4 Å². The van der Waals surface area contributed by atoms with Gasteiger partial charge in [-0.25, -0.2) is 0 Å². The Morgan fingerprint density at radius 2 is 1.95 bits per heavy atom. The second kappa shape index (κ2) is 4.86. The molecule has 0 fully saturated rings. The highest BCUT2D eigenvalue weighted by molar-refractivity contribution is 5.79. The van der Waals surface area contributed by atoms with Crippen LogP contribution in [-0.4, -0.2) is 10.1 Å². The van der Waals surface area contributed by atoms with Crippen molar-refractivity contribution in [3.05, 3.63) is 71.9 Å². The molecule has 104 valence electrons. The minimum absolute atomic E-state index is 0.125. The van der Waals surface area contributed by atoms with Gasteiger partial charge in [-0.05, 0) is 29.8 Å². The highest BCUT2D eigenvalue weighted by Crippen LogP contribution is 2.40. The molecule has 2 unspecified atom stereocenters. The van der Waals surface area contributed by atoms with E-state index in [-0.39, 0.29) is 6.10 Å². The predicted octanol–water partition coefficient (Wildman–Crippen LogP) is 3.79. The number of nitrogens with zero attached hydrogens (tertiary/aromatic N) is 1. The molecule has 0 radical (unpaired) electrons. The highest BCUT2D eigenvalue weighted by Gasteiger charge is 2.27. The van der Waals surface area contributed by atoms with Gasteiger partial charge >= 0.3 is 0 Å². The monoisotopic (exact) mass is 277 g/mol. The fourth-order valence-corrected chi connectivity index (χ4v) is 2.89. The van der Waals surface area contributed by atoms with Gasteiger partial charge in [0.2, 0.25) is 0 Å². The number of rotatable bonds is 1. The molecule has 21 heavy (non-hydrogen) atoms. The molecule has 3 nitrogen and oxygen atoms in total. The third kappa shape index (κ3) is 2.16. The minimum atomic E-state index is -0.482. The number of aliphatic hydroxyl groups is 1. The summed E-state index contributed by atoms with van der Waals surface area (Å²) in [5.74, 6) is 0.771. The van der Waals surface area contributed by atoms with E-state index in [1.54, 1.807) is 6.20 Å².